The molecule has 2 rings (SSSR count). The van der Waals surface area contributed by atoms with E-state index in [0.717, 1.165) is 16.0 Å². The molecule has 0 aliphatic rings. The van der Waals surface area contributed by atoms with Gasteiger partial charge in [0.2, 0.25) is 0 Å². The second kappa shape index (κ2) is 8.92. The van der Waals surface area contributed by atoms with Gasteiger partial charge >= 0.3 is 0 Å². The van der Waals surface area contributed by atoms with E-state index in [1.165, 1.54) is 7.05 Å². The molecule has 136 valence electrons. The largest absolute Gasteiger partial charge is 0.388 e. The zero-order chi connectivity index (χ0) is 19.1. The van der Waals surface area contributed by atoms with Crippen molar-refractivity contribution in [1.29, 1.82) is 0 Å². The molecule has 0 saturated carbocycles. The fourth-order valence-electron chi connectivity index (χ4n) is 2.65. The highest BCUT2D eigenvalue weighted by Crippen LogP contribution is 2.20. The monoisotopic (exact) mass is 354 g/mol. The third-order valence-electron chi connectivity index (χ3n) is 4.01. The highest BCUT2D eigenvalue weighted by atomic mass is 16.3. The van der Waals surface area contributed by atoms with Gasteiger partial charge in [-0.3, -0.25) is 14.4 Å². The van der Waals surface area contributed by atoms with Crippen molar-refractivity contribution in [2.24, 2.45) is 0 Å². The Morgan fingerprint density at radius 2 is 1.58 bits per heavy atom. The number of hydrogen-bond donors (Lipinski definition) is 2. The van der Waals surface area contributed by atoms with Gasteiger partial charge in [0.15, 0.2) is 11.8 Å². The molecule has 0 aliphatic carbocycles. The number of carbonyl (C=O) groups is 3. The summed E-state index contributed by atoms with van der Waals surface area (Å²) < 4.78 is 0. The Hall–Kier alpha value is -2.99. The average molecular weight is 354 g/mol. The minimum absolute atomic E-state index is 0.321. The first-order valence-electron chi connectivity index (χ1n) is 8.33. The number of ketones is 1. The van der Waals surface area contributed by atoms with Crippen LogP contribution in [0.25, 0.3) is 11.1 Å². The maximum Gasteiger partial charge on any atom is 0.254 e. The van der Waals surface area contributed by atoms with Crippen molar-refractivity contribution in [3.05, 3.63) is 60.2 Å². The average Bonchev–Trinajstić information content (AvgIpc) is 2.68. The first kappa shape index (κ1) is 19.3. The third-order valence-corrected chi connectivity index (χ3v) is 4.01. The summed E-state index contributed by atoms with van der Waals surface area (Å²) in [6, 6.07) is 15.3. The van der Waals surface area contributed by atoms with Crippen LogP contribution < -0.4 is 5.32 Å². The van der Waals surface area contributed by atoms with Crippen molar-refractivity contribution < 1.29 is 19.5 Å². The number of amides is 2. The Kier molecular flexibility index (Phi) is 6.63. The van der Waals surface area contributed by atoms with Gasteiger partial charge in [-0.2, -0.15) is 0 Å². The number of nitrogens with zero attached hydrogens (tertiary/aromatic N) is 1. The Labute approximate surface area is 152 Å². The fraction of sp³-hybridized carbons (Fsp3) is 0.250. The number of hydrogen-bond acceptors (Lipinski definition) is 4. The first-order chi connectivity index (χ1) is 12.5. The van der Waals surface area contributed by atoms with E-state index in [2.05, 4.69) is 5.32 Å². The van der Waals surface area contributed by atoms with Crippen molar-refractivity contribution in [2.75, 3.05) is 20.2 Å². The molecule has 0 saturated heterocycles. The summed E-state index contributed by atoms with van der Waals surface area (Å²) in [6.45, 7) is 1.22. The molecule has 1 unspecified atom stereocenters. The fourth-order valence-corrected chi connectivity index (χ4v) is 2.65. The van der Waals surface area contributed by atoms with E-state index in [4.69, 9.17) is 5.11 Å². The molecule has 1 atom stereocenters. The quantitative estimate of drug-likeness (QED) is 0.738. The lowest BCUT2D eigenvalue weighted by Gasteiger charge is -2.25. The maximum atomic E-state index is 12.7. The number of aliphatic hydroxyl groups excluding tert-OH is 1. The molecule has 0 aromatic heterocycles. The molecule has 26 heavy (non-hydrogen) atoms. The van der Waals surface area contributed by atoms with Crippen LogP contribution in [0.15, 0.2) is 54.6 Å². The van der Waals surface area contributed by atoms with Crippen LogP contribution in [-0.4, -0.2) is 53.8 Å². The van der Waals surface area contributed by atoms with Gasteiger partial charge in [-0.05, 0) is 30.2 Å². The van der Waals surface area contributed by atoms with Crippen LogP contribution in [0.4, 0.5) is 0 Å². The molecule has 2 N–H and O–H groups in total. The SMILES string of the molecule is CCNC(=O)C(C(=O)CO)N(C)C(=O)c1ccc(-c2ccccc2)cc1. The number of benzene rings is 2. The zero-order valence-electron chi connectivity index (χ0n) is 14.8. The summed E-state index contributed by atoms with van der Waals surface area (Å²) in [4.78, 5) is 37.8. The number of nitrogens with one attached hydrogen (secondary N) is 1. The summed E-state index contributed by atoms with van der Waals surface area (Å²) in [5, 5.41) is 11.6. The maximum absolute atomic E-state index is 12.7. The molecule has 0 heterocycles. The second-order valence-corrected chi connectivity index (χ2v) is 5.78. The molecular weight excluding hydrogens is 332 g/mol. The van der Waals surface area contributed by atoms with Crippen molar-refractivity contribution in [1.82, 2.24) is 10.2 Å². The van der Waals surface area contributed by atoms with E-state index in [1.54, 1.807) is 19.1 Å². The smallest absolute Gasteiger partial charge is 0.254 e. The van der Waals surface area contributed by atoms with Crippen molar-refractivity contribution in [3.63, 3.8) is 0 Å². The summed E-state index contributed by atoms with van der Waals surface area (Å²) in [5.41, 5.74) is 2.33. The lowest BCUT2D eigenvalue weighted by atomic mass is 10.0. The Balaban J connectivity index is 2.23. The Bertz CT molecular complexity index is 772. The van der Waals surface area contributed by atoms with Gasteiger partial charge in [-0.15, -0.1) is 0 Å². The first-order valence-corrected chi connectivity index (χ1v) is 8.33. The molecule has 0 spiro atoms. The van der Waals surface area contributed by atoms with Gasteiger partial charge in [-0.25, -0.2) is 0 Å². The molecule has 6 heteroatoms. The minimum atomic E-state index is -1.36. The molecule has 2 aromatic rings. The van der Waals surface area contributed by atoms with E-state index < -0.39 is 30.2 Å². The van der Waals surface area contributed by atoms with Crippen LogP contribution in [0.1, 0.15) is 17.3 Å². The second-order valence-electron chi connectivity index (χ2n) is 5.78. The predicted octanol–water partition coefficient (Wildman–Crippen LogP) is 1.49. The Morgan fingerprint density at radius 3 is 2.12 bits per heavy atom. The van der Waals surface area contributed by atoms with Crippen LogP contribution >= 0.6 is 0 Å². The molecular formula is C20H22N2O4. The van der Waals surface area contributed by atoms with E-state index in [1.807, 2.05) is 42.5 Å². The van der Waals surface area contributed by atoms with E-state index in [-0.39, 0.29) is 0 Å². The lowest BCUT2D eigenvalue weighted by molar-refractivity contribution is -0.135. The van der Waals surface area contributed by atoms with Crippen molar-refractivity contribution >= 4 is 17.6 Å². The lowest BCUT2D eigenvalue weighted by Crippen LogP contribution is -2.53. The highest BCUT2D eigenvalue weighted by Gasteiger charge is 2.33. The van der Waals surface area contributed by atoms with Crippen LogP contribution in [0, 0.1) is 0 Å². The molecule has 0 bridgehead atoms. The van der Waals surface area contributed by atoms with Gasteiger partial charge in [0.05, 0.1) is 0 Å². The van der Waals surface area contributed by atoms with Gasteiger partial charge in [0, 0.05) is 19.2 Å². The number of likely N-dealkylation sites (N-methyl/N-ethyl adjacent to an activating group) is 2. The molecule has 2 amide bonds. The molecule has 0 radical (unpaired) electrons. The Morgan fingerprint density at radius 1 is 1.00 bits per heavy atom. The standard InChI is InChI=1S/C20H22N2O4/c1-3-21-19(25)18(17(24)13-23)22(2)20(26)16-11-9-15(10-12-16)14-7-5-4-6-8-14/h4-12,18,23H,3,13H2,1-2H3,(H,21,25). The van der Waals surface area contributed by atoms with Gasteiger partial charge in [0.25, 0.3) is 11.8 Å². The van der Waals surface area contributed by atoms with Gasteiger partial charge < -0.3 is 15.3 Å². The van der Waals surface area contributed by atoms with Crippen LogP contribution in [0.2, 0.25) is 0 Å². The third kappa shape index (κ3) is 4.34. The predicted molar refractivity (Wildman–Crippen MR) is 98.5 cm³/mol. The van der Waals surface area contributed by atoms with Gasteiger partial charge in [-0.1, -0.05) is 42.5 Å². The topological polar surface area (TPSA) is 86.7 Å². The number of aliphatic hydroxyl groups is 1. The number of rotatable bonds is 7. The number of Topliss-reactive ketones (excluding diaryl/α,β-unsaturated/α-hetero) is 1. The van der Waals surface area contributed by atoms with Crippen LogP contribution in [0.5, 0.6) is 0 Å². The summed E-state index contributed by atoms with van der Waals surface area (Å²) in [5.74, 6) is -1.81. The van der Waals surface area contributed by atoms with E-state index >= 15 is 0 Å². The molecule has 2 aromatic carbocycles. The molecule has 0 fully saturated rings. The normalized spacial score (nSPS) is 11.5. The van der Waals surface area contributed by atoms with Crippen molar-refractivity contribution in [2.45, 2.75) is 13.0 Å². The van der Waals surface area contributed by atoms with Crippen LogP contribution in [0.3, 0.4) is 0 Å². The summed E-state index contributed by atoms with van der Waals surface area (Å²) >= 11 is 0. The minimum Gasteiger partial charge on any atom is -0.388 e. The summed E-state index contributed by atoms with van der Waals surface area (Å²) in [6.07, 6.45) is 0. The molecule has 6 nitrogen and oxygen atoms in total. The zero-order valence-corrected chi connectivity index (χ0v) is 14.8. The van der Waals surface area contributed by atoms with Crippen LogP contribution in [-0.2, 0) is 9.59 Å². The van der Waals surface area contributed by atoms with Crippen molar-refractivity contribution in [3.8, 4) is 11.1 Å². The van der Waals surface area contributed by atoms with E-state index in [9.17, 15) is 14.4 Å². The van der Waals surface area contributed by atoms with E-state index in [0.29, 0.717) is 12.1 Å². The number of carbonyl (C=O) groups excluding carboxylic acids is 3. The highest BCUT2D eigenvalue weighted by molar-refractivity contribution is 6.10. The summed E-state index contributed by atoms with van der Waals surface area (Å²) in [7, 11) is 1.38. The molecule has 0 aliphatic heterocycles. The van der Waals surface area contributed by atoms with Gasteiger partial charge in [0.1, 0.15) is 6.61 Å².